The Kier molecular flexibility index (Phi) is 6.72. The van der Waals surface area contributed by atoms with Crippen molar-refractivity contribution in [2.24, 2.45) is 5.41 Å². The molecule has 0 atom stereocenters. The smallest absolute Gasteiger partial charge is 0.410 e. The van der Waals surface area contributed by atoms with Crippen molar-refractivity contribution in [1.82, 2.24) is 4.90 Å². The van der Waals surface area contributed by atoms with Crippen LogP contribution >= 0.6 is 11.6 Å². The molecule has 1 aromatic carbocycles. The second kappa shape index (κ2) is 8.73. The summed E-state index contributed by atoms with van der Waals surface area (Å²) in [6.07, 6.45) is 3.05. The molecule has 0 bridgehead atoms. The number of ether oxygens (including phenoxy) is 3. The van der Waals surface area contributed by atoms with Crippen molar-refractivity contribution in [2.75, 3.05) is 13.1 Å². The van der Waals surface area contributed by atoms with Gasteiger partial charge in [-0.05, 0) is 78.7 Å². The Balaban J connectivity index is 1.54. The van der Waals surface area contributed by atoms with E-state index in [0.29, 0.717) is 13.1 Å². The first-order chi connectivity index (χ1) is 14.7. The van der Waals surface area contributed by atoms with Gasteiger partial charge in [0, 0.05) is 19.2 Å². The van der Waals surface area contributed by atoms with E-state index in [4.69, 9.17) is 25.8 Å². The van der Waals surface area contributed by atoms with Crippen LogP contribution in [0.4, 0.5) is 9.18 Å². The van der Waals surface area contributed by atoms with Crippen LogP contribution in [0.2, 0.25) is 5.02 Å². The highest BCUT2D eigenvalue weighted by atomic mass is 35.5. The number of esters is 1. The zero-order valence-electron chi connectivity index (χ0n) is 19.7. The first kappa shape index (κ1) is 24.6. The van der Waals surface area contributed by atoms with Crippen LogP contribution < -0.4 is 4.74 Å². The summed E-state index contributed by atoms with van der Waals surface area (Å²) in [4.78, 5) is 26.2. The molecule has 1 amide bonds. The lowest BCUT2D eigenvalue weighted by Gasteiger charge is -2.51. The Labute approximate surface area is 194 Å². The van der Waals surface area contributed by atoms with E-state index in [1.807, 2.05) is 20.8 Å². The van der Waals surface area contributed by atoms with Gasteiger partial charge in [-0.15, -0.1) is 0 Å². The molecule has 3 rings (SSSR count). The van der Waals surface area contributed by atoms with Crippen LogP contribution in [0.5, 0.6) is 5.75 Å². The summed E-state index contributed by atoms with van der Waals surface area (Å²) < 4.78 is 31.1. The highest BCUT2D eigenvalue weighted by Gasteiger charge is 2.48. The minimum atomic E-state index is -0.761. The Morgan fingerprint density at radius 1 is 1.03 bits per heavy atom. The van der Waals surface area contributed by atoms with Gasteiger partial charge in [0.1, 0.15) is 22.8 Å². The van der Waals surface area contributed by atoms with E-state index in [2.05, 4.69) is 0 Å². The van der Waals surface area contributed by atoms with Gasteiger partial charge in [-0.1, -0.05) is 11.6 Å². The van der Waals surface area contributed by atoms with Crippen LogP contribution in [-0.4, -0.2) is 47.4 Å². The van der Waals surface area contributed by atoms with E-state index in [-0.39, 0.29) is 33.9 Å². The van der Waals surface area contributed by atoms with Crippen LogP contribution in [-0.2, 0) is 9.47 Å². The van der Waals surface area contributed by atoms with Crippen molar-refractivity contribution in [3.8, 4) is 5.75 Å². The van der Waals surface area contributed by atoms with Crippen molar-refractivity contribution < 1.29 is 28.2 Å². The number of halogens is 2. The molecular weight excluding hydrogens is 437 g/mol. The molecule has 1 aromatic rings. The summed E-state index contributed by atoms with van der Waals surface area (Å²) in [7, 11) is 0. The molecule has 1 spiro atoms. The lowest BCUT2D eigenvalue weighted by Crippen LogP contribution is -2.52. The normalized spacial score (nSPS) is 18.8. The molecule has 0 unspecified atom stereocenters. The summed E-state index contributed by atoms with van der Waals surface area (Å²) in [5.74, 6) is -1.26. The predicted molar refractivity (Wildman–Crippen MR) is 120 cm³/mol. The van der Waals surface area contributed by atoms with E-state index in [1.165, 1.54) is 6.07 Å². The number of hydrogen-bond acceptors (Lipinski definition) is 5. The SMILES string of the molecule is CC(C)(C)OC(=O)c1cc(Cl)c(OC2CC3(CCN(C(=O)OC(C)(C)C)CC3)C2)cc1F. The van der Waals surface area contributed by atoms with E-state index < -0.39 is 23.0 Å². The maximum Gasteiger partial charge on any atom is 0.410 e. The van der Waals surface area contributed by atoms with Gasteiger partial charge >= 0.3 is 12.1 Å². The van der Waals surface area contributed by atoms with Gasteiger partial charge in [0.15, 0.2) is 0 Å². The molecule has 1 aliphatic heterocycles. The van der Waals surface area contributed by atoms with Crippen molar-refractivity contribution in [3.05, 3.63) is 28.5 Å². The van der Waals surface area contributed by atoms with E-state index in [1.54, 1.807) is 25.7 Å². The second-order valence-electron chi connectivity index (χ2n) is 10.9. The molecule has 1 saturated carbocycles. The lowest BCUT2D eigenvalue weighted by molar-refractivity contribution is -0.0583. The Hall–Kier alpha value is -2.02. The van der Waals surface area contributed by atoms with Crippen LogP contribution in [0.1, 0.15) is 77.6 Å². The molecule has 2 aliphatic rings. The van der Waals surface area contributed by atoms with Crippen LogP contribution in [0.25, 0.3) is 0 Å². The summed E-state index contributed by atoms with van der Waals surface area (Å²) in [6, 6.07) is 2.41. The van der Waals surface area contributed by atoms with Crippen LogP contribution in [0.15, 0.2) is 12.1 Å². The average Bonchev–Trinajstić information content (AvgIpc) is 2.60. The fourth-order valence-electron chi connectivity index (χ4n) is 4.18. The number of benzene rings is 1. The topological polar surface area (TPSA) is 65.1 Å². The van der Waals surface area contributed by atoms with Gasteiger partial charge in [-0.25, -0.2) is 14.0 Å². The zero-order valence-corrected chi connectivity index (χ0v) is 20.5. The zero-order chi connectivity index (χ0) is 23.9. The van der Waals surface area contributed by atoms with Gasteiger partial charge in [0.25, 0.3) is 0 Å². The predicted octanol–water partition coefficient (Wildman–Crippen LogP) is 5.99. The first-order valence-corrected chi connectivity index (χ1v) is 11.4. The van der Waals surface area contributed by atoms with Crippen molar-refractivity contribution in [2.45, 2.75) is 84.5 Å². The summed E-state index contributed by atoms with van der Waals surface area (Å²) in [5.41, 5.74) is -1.32. The molecular formula is C24H33ClFNO5. The molecule has 178 valence electrons. The number of rotatable bonds is 3. The largest absolute Gasteiger partial charge is 0.489 e. The fraction of sp³-hybridized carbons (Fsp3) is 0.667. The fourth-order valence-corrected chi connectivity index (χ4v) is 4.38. The molecule has 32 heavy (non-hydrogen) atoms. The first-order valence-electron chi connectivity index (χ1n) is 11.0. The maximum atomic E-state index is 14.5. The second-order valence-corrected chi connectivity index (χ2v) is 11.3. The number of piperidine rings is 1. The number of carbonyl (C=O) groups is 2. The van der Waals surface area contributed by atoms with Gasteiger partial charge in [-0.2, -0.15) is 0 Å². The minimum absolute atomic E-state index is 0.0765. The third-order valence-electron chi connectivity index (χ3n) is 5.73. The van der Waals surface area contributed by atoms with Crippen molar-refractivity contribution in [3.63, 3.8) is 0 Å². The standard InChI is InChI=1S/C24H33ClFNO5/c1-22(2,3)31-20(28)16-11-17(25)19(12-18(16)26)30-15-13-24(14-15)7-9-27(10-8-24)21(29)32-23(4,5)6/h11-12,15H,7-10,13-14H2,1-6H3. The number of nitrogens with zero attached hydrogens (tertiary/aromatic N) is 1. The minimum Gasteiger partial charge on any atom is -0.489 e. The molecule has 6 nitrogen and oxygen atoms in total. The quantitative estimate of drug-likeness (QED) is 0.508. The van der Waals surface area contributed by atoms with E-state index in [0.717, 1.165) is 31.7 Å². The molecule has 0 N–H and O–H groups in total. The monoisotopic (exact) mass is 469 g/mol. The van der Waals surface area contributed by atoms with Gasteiger partial charge < -0.3 is 19.1 Å². The number of hydrogen-bond donors (Lipinski definition) is 0. The maximum absolute atomic E-state index is 14.5. The van der Waals surface area contributed by atoms with Gasteiger partial charge in [0.2, 0.25) is 0 Å². The molecule has 1 heterocycles. The van der Waals surface area contributed by atoms with Crippen molar-refractivity contribution in [1.29, 1.82) is 0 Å². The number of carbonyl (C=O) groups excluding carboxylic acids is 2. The molecule has 1 aliphatic carbocycles. The highest BCUT2D eigenvalue weighted by Crippen LogP contribution is 2.51. The van der Waals surface area contributed by atoms with Crippen LogP contribution in [0.3, 0.4) is 0 Å². The van der Waals surface area contributed by atoms with E-state index in [9.17, 15) is 14.0 Å². The van der Waals surface area contributed by atoms with Crippen molar-refractivity contribution >= 4 is 23.7 Å². The molecule has 0 aromatic heterocycles. The van der Waals surface area contributed by atoms with Gasteiger partial charge in [0.05, 0.1) is 16.7 Å². The number of amides is 1. The van der Waals surface area contributed by atoms with Gasteiger partial charge in [-0.3, -0.25) is 0 Å². The molecule has 1 saturated heterocycles. The number of likely N-dealkylation sites (tertiary alicyclic amines) is 1. The summed E-state index contributed by atoms with van der Waals surface area (Å²) in [6.45, 7) is 12.0. The van der Waals surface area contributed by atoms with Crippen LogP contribution in [0, 0.1) is 11.2 Å². The summed E-state index contributed by atoms with van der Waals surface area (Å²) >= 11 is 6.27. The third kappa shape index (κ3) is 6.06. The molecule has 8 heteroatoms. The highest BCUT2D eigenvalue weighted by molar-refractivity contribution is 6.32. The Morgan fingerprint density at radius 3 is 2.12 bits per heavy atom. The Morgan fingerprint density at radius 2 is 1.59 bits per heavy atom. The summed E-state index contributed by atoms with van der Waals surface area (Å²) in [5, 5.41) is 0.174. The lowest BCUT2D eigenvalue weighted by atomic mass is 9.61. The third-order valence-corrected chi connectivity index (χ3v) is 6.03. The molecule has 2 fully saturated rings. The van der Waals surface area contributed by atoms with E-state index >= 15 is 0 Å². The average molecular weight is 470 g/mol. The molecule has 0 radical (unpaired) electrons. The Bertz CT molecular complexity index is 874.